The second-order valence-corrected chi connectivity index (χ2v) is 6.47. The van der Waals surface area contributed by atoms with Crippen molar-refractivity contribution in [2.75, 3.05) is 45.5 Å². The fourth-order valence-electron chi connectivity index (χ4n) is 3.40. The average Bonchev–Trinajstić information content (AvgIpc) is 2.56. The van der Waals surface area contributed by atoms with Gasteiger partial charge in [-0.25, -0.2) is 0 Å². The van der Waals surface area contributed by atoms with Gasteiger partial charge >= 0.3 is 0 Å². The normalized spacial score (nSPS) is 27.9. The first-order valence-corrected chi connectivity index (χ1v) is 7.89. The Labute approximate surface area is 112 Å². The summed E-state index contributed by atoms with van der Waals surface area (Å²) >= 11 is 4.66. The van der Waals surface area contributed by atoms with Crippen molar-refractivity contribution in [3.05, 3.63) is 0 Å². The van der Waals surface area contributed by atoms with Gasteiger partial charge in [0.2, 0.25) is 0 Å². The quantitative estimate of drug-likeness (QED) is 0.775. The maximum Gasteiger partial charge on any atom is 0.0109 e. The van der Waals surface area contributed by atoms with E-state index in [0.717, 1.165) is 5.75 Å². The predicted octanol–water partition coefficient (Wildman–Crippen LogP) is 2.50. The Bertz CT molecular complexity index is 226. The number of hydrogen-bond acceptors (Lipinski definition) is 3. The molecule has 2 fully saturated rings. The number of thiol groups is 1. The smallest absolute Gasteiger partial charge is 0.0109 e. The Morgan fingerprint density at radius 2 is 1.71 bits per heavy atom. The van der Waals surface area contributed by atoms with Crippen molar-refractivity contribution in [3.8, 4) is 0 Å². The minimum atomic E-state index is 0.532. The van der Waals surface area contributed by atoms with Gasteiger partial charge in [0.15, 0.2) is 0 Å². The van der Waals surface area contributed by atoms with E-state index in [1.807, 2.05) is 0 Å². The van der Waals surface area contributed by atoms with Crippen molar-refractivity contribution >= 4 is 12.6 Å². The Morgan fingerprint density at radius 1 is 0.941 bits per heavy atom. The minimum Gasteiger partial charge on any atom is -0.305 e. The first kappa shape index (κ1) is 13.7. The van der Waals surface area contributed by atoms with E-state index in [1.165, 1.54) is 71.2 Å². The summed E-state index contributed by atoms with van der Waals surface area (Å²) in [5.74, 6) is 1.08. The van der Waals surface area contributed by atoms with Crippen LogP contribution >= 0.6 is 12.6 Å². The molecule has 2 nitrogen and oxygen atoms in total. The van der Waals surface area contributed by atoms with Crippen LogP contribution in [0.4, 0.5) is 0 Å². The Balaban J connectivity index is 1.88. The fourth-order valence-corrected chi connectivity index (χ4v) is 3.82. The molecule has 0 radical (unpaired) electrons. The number of rotatable bonds is 3. The highest BCUT2D eigenvalue weighted by molar-refractivity contribution is 7.80. The van der Waals surface area contributed by atoms with E-state index in [0.29, 0.717) is 5.41 Å². The summed E-state index contributed by atoms with van der Waals surface area (Å²) in [6.07, 6.45) is 8.44. The molecule has 17 heavy (non-hydrogen) atoms. The van der Waals surface area contributed by atoms with E-state index >= 15 is 0 Å². The van der Waals surface area contributed by atoms with E-state index in [9.17, 15) is 0 Å². The molecule has 1 heterocycles. The van der Waals surface area contributed by atoms with Crippen molar-refractivity contribution in [2.45, 2.75) is 38.5 Å². The Kier molecular flexibility index (Phi) is 5.19. The molecule has 0 spiro atoms. The molecule has 0 unspecified atom stereocenters. The number of hydrogen-bond donors (Lipinski definition) is 1. The van der Waals surface area contributed by atoms with Gasteiger partial charge < -0.3 is 9.80 Å². The van der Waals surface area contributed by atoms with Crippen LogP contribution in [0.15, 0.2) is 0 Å². The van der Waals surface area contributed by atoms with Crippen LogP contribution in [0.1, 0.15) is 38.5 Å². The lowest BCUT2D eigenvalue weighted by Crippen LogP contribution is -2.42. The van der Waals surface area contributed by atoms with E-state index in [2.05, 4.69) is 29.5 Å². The molecular weight excluding hydrogens is 228 g/mol. The Hall–Kier alpha value is 0.270. The van der Waals surface area contributed by atoms with Crippen LogP contribution in [0.2, 0.25) is 0 Å². The summed E-state index contributed by atoms with van der Waals surface area (Å²) in [5, 5.41) is 0. The monoisotopic (exact) mass is 256 g/mol. The molecule has 1 saturated heterocycles. The summed E-state index contributed by atoms with van der Waals surface area (Å²) in [4.78, 5) is 5.17. The molecular formula is C14H28N2S. The SMILES string of the molecule is CN1CCCN(CC2(CS)CCCCC2)CC1. The molecule has 0 amide bonds. The first-order chi connectivity index (χ1) is 8.24. The zero-order valence-electron chi connectivity index (χ0n) is 11.3. The topological polar surface area (TPSA) is 6.48 Å². The standard InChI is InChI=1S/C14H28N2S/c1-15-8-5-9-16(11-10-15)12-14(13-17)6-3-2-4-7-14/h17H,2-13H2,1H3. The van der Waals surface area contributed by atoms with Gasteiger partial charge in [0.25, 0.3) is 0 Å². The van der Waals surface area contributed by atoms with E-state index in [1.54, 1.807) is 0 Å². The van der Waals surface area contributed by atoms with Gasteiger partial charge in [0, 0.05) is 19.6 Å². The van der Waals surface area contributed by atoms with Crippen LogP contribution in [0.5, 0.6) is 0 Å². The van der Waals surface area contributed by atoms with Gasteiger partial charge in [-0.05, 0) is 50.6 Å². The van der Waals surface area contributed by atoms with E-state index in [-0.39, 0.29) is 0 Å². The fraction of sp³-hybridized carbons (Fsp3) is 1.00. The number of nitrogens with zero attached hydrogens (tertiary/aromatic N) is 2. The lowest BCUT2D eigenvalue weighted by molar-refractivity contribution is 0.129. The predicted molar refractivity (Wildman–Crippen MR) is 77.9 cm³/mol. The zero-order valence-corrected chi connectivity index (χ0v) is 12.2. The van der Waals surface area contributed by atoms with Gasteiger partial charge in [-0.1, -0.05) is 19.3 Å². The van der Waals surface area contributed by atoms with Crippen molar-refractivity contribution in [1.29, 1.82) is 0 Å². The first-order valence-electron chi connectivity index (χ1n) is 7.26. The third kappa shape index (κ3) is 3.87. The van der Waals surface area contributed by atoms with Gasteiger partial charge in [-0.2, -0.15) is 12.6 Å². The van der Waals surface area contributed by atoms with E-state index < -0.39 is 0 Å². The summed E-state index contributed by atoms with van der Waals surface area (Å²) in [5.41, 5.74) is 0.532. The van der Waals surface area contributed by atoms with Crippen molar-refractivity contribution in [3.63, 3.8) is 0 Å². The lowest BCUT2D eigenvalue weighted by atomic mass is 9.75. The molecule has 2 aliphatic rings. The van der Waals surface area contributed by atoms with Crippen molar-refractivity contribution in [2.24, 2.45) is 5.41 Å². The molecule has 1 aliphatic heterocycles. The van der Waals surface area contributed by atoms with E-state index in [4.69, 9.17) is 0 Å². The molecule has 3 heteroatoms. The highest BCUT2D eigenvalue weighted by Gasteiger charge is 2.32. The summed E-state index contributed by atoms with van der Waals surface area (Å²) in [7, 11) is 2.25. The molecule has 0 bridgehead atoms. The minimum absolute atomic E-state index is 0.532. The van der Waals surface area contributed by atoms with Gasteiger partial charge in [0.1, 0.15) is 0 Å². The highest BCUT2D eigenvalue weighted by Crippen LogP contribution is 2.38. The molecule has 0 N–H and O–H groups in total. The third-order valence-corrected chi connectivity index (χ3v) is 5.29. The van der Waals surface area contributed by atoms with Gasteiger partial charge in [0.05, 0.1) is 0 Å². The maximum atomic E-state index is 4.66. The van der Waals surface area contributed by atoms with Gasteiger partial charge in [-0.3, -0.25) is 0 Å². The zero-order chi connectivity index (χ0) is 12.1. The summed E-state index contributed by atoms with van der Waals surface area (Å²) in [6, 6.07) is 0. The second kappa shape index (κ2) is 6.44. The number of likely N-dealkylation sites (N-methyl/N-ethyl adjacent to an activating group) is 1. The van der Waals surface area contributed by atoms with Gasteiger partial charge in [-0.15, -0.1) is 0 Å². The van der Waals surface area contributed by atoms with Crippen LogP contribution in [0.3, 0.4) is 0 Å². The maximum absolute atomic E-state index is 4.66. The van der Waals surface area contributed by atoms with Crippen molar-refractivity contribution in [1.82, 2.24) is 9.80 Å². The second-order valence-electron chi connectivity index (χ2n) is 6.15. The van der Waals surface area contributed by atoms with Crippen LogP contribution in [-0.4, -0.2) is 55.3 Å². The molecule has 100 valence electrons. The molecule has 0 aromatic rings. The summed E-state index contributed by atoms with van der Waals surface area (Å²) < 4.78 is 0. The molecule has 0 aromatic heterocycles. The summed E-state index contributed by atoms with van der Waals surface area (Å²) in [6.45, 7) is 6.35. The van der Waals surface area contributed by atoms with Crippen LogP contribution in [0.25, 0.3) is 0 Å². The molecule has 1 saturated carbocycles. The molecule has 2 rings (SSSR count). The average molecular weight is 256 g/mol. The molecule has 0 aromatic carbocycles. The van der Waals surface area contributed by atoms with Crippen LogP contribution in [0, 0.1) is 5.41 Å². The third-order valence-electron chi connectivity index (χ3n) is 4.62. The van der Waals surface area contributed by atoms with Crippen molar-refractivity contribution < 1.29 is 0 Å². The van der Waals surface area contributed by atoms with Crippen LogP contribution in [-0.2, 0) is 0 Å². The lowest BCUT2D eigenvalue weighted by Gasteiger charge is -2.40. The molecule has 1 aliphatic carbocycles. The Morgan fingerprint density at radius 3 is 2.41 bits per heavy atom. The largest absolute Gasteiger partial charge is 0.305 e. The highest BCUT2D eigenvalue weighted by atomic mass is 32.1. The van der Waals surface area contributed by atoms with Crippen LogP contribution < -0.4 is 0 Å². The molecule has 0 atom stereocenters.